The van der Waals surface area contributed by atoms with Crippen molar-refractivity contribution in [2.24, 2.45) is 27.7 Å². The molecule has 9 heterocycles. The molecule has 6 saturated heterocycles. The fraction of sp³-hybridized carbons (Fsp3) is 0.758. The SMILES string of the molecule is CO[C@@H](C)C1=C(c2c3c4cc(ccc4n2CC(F)(F)F)N2CCO[C@@H](C[C@H](NC(=O)[C@H](C4CCCC4)N4CC[C@]5(CCN(C(=O)[C@@H]6N[C@@H]6C6CC6)C5)C4)C(=O)N4CCC[C@H](N4)C(=O)OCC(C)(C)C3)C2)C[C@@H](N2CCN(C3CC3)CC2)C=N1. The monoisotopic (exact) mass is 1160 g/mol. The van der Waals surface area contributed by atoms with E-state index < -0.39 is 54.4 Å². The number of hydrogen-bond acceptors (Lipinski definition) is 14. The number of cyclic esters (lactones) is 1. The van der Waals surface area contributed by atoms with Crippen molar-refractivity contribution in [1.29, 1.82) is 0 Å². The van der Waals surface area contributed by atoms with Crippen LogP contribution in [0, 0.1) is 22.7 Å². The second-order valence-corrected chi connectivity index (χ2v) is 27.5. The number of rotatable bonds is 12. The molecule has 1 spiro atoms. The second kappa shape index (κ2) is 22.9. The summed E-state index contributed by atoms with van der Waals surface area (Å²) in [6.45, 7) is 12.6. The zero-order chi connectivity index (χ0) is 57.5. The summed E-state index contributed by atoms with van der Waals surface area (Å²) in [6, 6.07) is 4.20. The van der Waals surface area contributed by atoms with E-state index in [1.807, 2.05) is 45.2 Å². The van der Waals surface area contributed by atoms with Crippen molar-refractivity contribution in [3.8, 4) is 0 Å². The van der Waals surface area contributed by atoms with E-state index in [-0.39, 0.29) is 60.6 Å². The van der Waals surface area contributed by atoms with Gasteiger partial charge >= 0.3 is 12.1 Å². The minimum absolute atomic E-state index is 0.0351. The molecule has 3 saturated carbocycles. The van der Waals surface area contributed by atoms with E-state index in [1.165, 1.54) is 35.3 Å². The van der Waals surface area contributed by atoms with Gasteiger partial charge in [-0.1, -0.05) is 26.7 Å². The summed E-state index contributed by atoms with van der Waals surface area (Å²) in [5.74, 6) is -0.0859. The number of methoxy groups -OCH3 is 1. The molecule has 2 aromatic rings. The molecule has 6 bridgehead atoms. The third kappa shape index (κ3) is 12.1. The maximum absolute atomic E-state index is 15.3. The summed E-state index contributed by atoms with van der Waals surface area (Å²) < 4.78 is 66.0. The number of carbonyl (C=O) groups excluding carboxylic acids is 4. The number of alkyl halides is 3. The van der Waals surface area contributed by atoms with Gasteiger partial charge in [0.25, 0.3) is 5.91 Å². The van der Waals surface area contributed by atoms with Crippen LogP contribution in [0.25, 0.3) is 16.5 Å². The lowest BCUT2D eigenvalue weighted by atomic mass is 9.83. The lowest BCUT2D eigenvalue weighted by Gasteiger charge is -2.40. The molecule has 3 N–H and O–H groups in total. The number of morpholine rings is 1. The van der Waals surface area contributed by atoms with E-state index in [2.05, 4.69) is 40.6 Å². The third-order valence-electron chi connectivity index (χ3n) is 20.9. The normalized spacial score (nSPS) is 32.4. The molecule has 9 fully saturated rings. The molecule has 0 unspecified atom stereocenters. The fourth-order valence-electron chi connectivity index (χ4n) is 16.0. The number of aromatic nitrogens is 1. The van der Waals surface area contributed by atoms with Gasteiger partial charge in [0.2, 0.25) is 11.8 Å². The Morgan fingerprint density at radius 3 is 2.45 bits per heavy atom. The number of nitrogens with zero attached hydrogens (tertiary/aromatic N) is 8. The Bertz CT molecular complexity index is 2860. The smallest absolute Gasteiger partial charge is 0.406 e. The minimum atomic E-state index is -4.57. The molecule has 13 rings (SSSR count). The van der Waals surface area contributed by atoms with Crippen molar-refractivity contribution in [2.45, 2.75) is 184 Å². The van der Waals surface area contributed by atoms with Crippen LogP contribution in [0.2, 0.25) is 0 Å². The molecule has 11 aliphatic rings. The van der Waals surface area contributed by atoms with Crippen molar-refractivity contribution in [2.75, 3.05) is 97.2 Å². The van der Waals surface area contributed by atoms with Crippen molar-refractivity contribution < 1.29 is 46.6 Å². The first kappa shape index (κ1) is 57.4. The number of likely N-dealkylation sites (tertiary alicyclic amines) is 2. The predicted octanol–water partition coefficient (Wildman–Crippen LogP) is 5.51. The Morgan fingerprint density at radius 2 is 1.70 bits per heavy atom. The molecule has 9 atom stereocenters. The Labute approximate surface area is 486 Å². The third-order valence-corrected chi connectivity index (χ3v) is 20.9. The highest BCUT2D eigenvalue weighted by atomic mass is 19.4. The number of piperazine rings is 1. The van der Waals surface area contributed by atoms with Crippen LogP contribution in [-0.4, -0.2) is 212 Å². The topological polar surface area (TPSA) is 179 Å². The van der Waals surface area contributed by atoms with Crippen LogP contribution < -0.4 is 21.0 Å². The first-order chi connectivity index (χ1) is 39.9. The number of carbonyl (C=O) groups is 4. The first-order valence-electron chi connectivity index (χ1n) is 31.6. The molecule has 1 aromatic carbocycles. The van der Waals surface area contributed by atoms with Gasteiger partial charge in [-0.3, -0.25) is 49.2 Å². The van der Waals surface area contributed by atoms with Gasteiger partial charge in [0.15, 0.2) is 0 Å². The highest BCUT2D eigenvalue weighted by Gasteiger charge is 2.55. The van der Waals surface area contributed by atoms with E-state index in [4.69, 9.17) is 19.2 Å². The maximum atomic E-state index is 15.3. The van der Waals surface area contributed by atoms with E-state index in [1.54, 1.807) is 7.11 Å². The Hall–Kier alpha value is -4.64. The Kier molecular flexibility index (Phi) is 15.8. The van der Waals surface area contributed by atoms with Crippen molar-refractivity contribution in [1.82, 2.24) is 45.2 Å². The van der Waals surface area contributed by atoms with Crippen molar-refractivity contribution >= 4 is 52.1 Å². The summed E-state index contributed by atoms with van der Waals surface area (Å²) in [5.41, 5.74) is 6.16. The Balaban J connectivity index is 0.817. The fourth-order valence-corrected chi connectivity index (χ4v) is 16.0. The van der Waals surface area contributed by atoms with Gasteiger partial charge in [-0.05, 0) is 126 Å². The molecule has 8 aliphatic heterocycles. The number of anilines is 1. The largest absolute Gasteiger partial charge is 0.464 e. The molecule has 0 radical (unpaired) electrons. The molecular weight excluding hydrogens is 1070 g/mol. The van der Waals surface area contributed by atoms with Crippen LogP contribution in [0.5, 0.6) is 0 Å². The number of benzene rings is 1. The molecule has 3 amide bonds. The number of halogens is 3. The summed E-state index contributed by atoms with van der Waals surface area (Å²) in [5, 5.41) is 8.95. The highest BCUT2D eigenvalue weighted by Crippen LogP contribution is 2.47. The van der Waals surface area contributed by atoms with Crippen LogP contribution in [0.15, 0.2) is 28.9 Å². The summed E-state index contributed by atoms with van der Waals surface area (Å²) in [6.07, 6.45) is 8.77. The van der Waals surface area contributed by atoms with Gasteiger partial charge in [0, 0.05) is 136 Å². The number of esters is 1. The highest BCUT2D eigenvalue weighted by molar-refractivity contribution is 5.95. The number of nitrogens with one attached hydrogen (secondary N) is 3. The predicted molar refractivity (Wildman–Crippen MR) is 308 cm³/mol. The van der Waals surface area contributed by atoms with Gasteiger partial charge in [0.1, 0.15) is 24.7 Å². The van der Waals surface area contributed by atoms with Gasteiger partial charge in [-0.15, -0.1) is 0 Å². The lowest BCUT2D eigenvalue weighted by molar-refractivity contribution is -0.156. The van der Waals surface area contributed by atoms with Crippen molar-refractivity contribution in [3.63, 3.8) is 0 Å². The molecule has 18 nitrogen and oxygen atoms in total. The maximum Gasteiger partial charge on any atom is 0.406 e. The summed E-state index contributed by atoms with van der Waals surface area (Å²) >= 11 is 0. The van der Waals surface area contributed by atoms with Crippen LogP contribution in [0.4, 0.5) is 18.9 Å². The average Bonchev–Trinajstić information content (AvgIpc) is 4.39. The van der Waals surface area contributed by atoms with E-state index in [0.717, 1.165) is 94.6 Å². The first-order valence-corrected chi connectivity index (χ1v) is 31.6. The quantitative estimate of drug-likeness (QED) is 0.179. The van der Waals surface area contributed by atoms with Crippen LogP contribution in [0.3, 0.4) is 0 Å². The number of hydrogen-bond donors (Lipinski definition) is 3. The zero-order valence-electron chi connectivity index (χ0n) is 49.2. The molecule has 21 heteroatoms. The minimum Gasteiger partial charge on any atom is -0.464 e. The molecule has 454 valence electrons. The van der Waals surface area contributed by atoms with Crippen molar-refractivity contribution in [3.05, 3.63) is 35.2 Å². The molecule has 3 aliphatic carbocycles. The summed E-state index contributed by atoms with van der Waals surface area (Å²) in [4.78, 5) is 75.1. The summed E-state index contributed by atoms with van der Waals surface area (Å²) in [7, 11) is 1.60. The number of fused-ring (bicyclic) bond motifs is 6. The molecule has 1 aromatic heterocycles. The standard InChI is InChI=1S/C62H88F3N11O7/c1-38(81-4)51-46(29-43(32-66-51)71-24-22-70(23-25-71)41-13-14-41)55-47-31-60(2,3)37-83-59(80)48-10-7-19-76(69-48)57(78)49(30-44-33-72(26-27-82-44)42-15-16-50(45(47)28-42)75(55)36-62(63,64)65)67-56(77)54(40-8-5-6-9-40)73-20-17-61(34-73)18-21-74(35-61)58(79)53-52(68-53)39-11-12-39/h15-16,28,32,38-41,43-44,48-49,52-54,68-69H,5-14,17-27,29-31,33-37H2,1-4H3,(H,67,77)/t38-,43+,44-,48-,49-,52+,53+,54-,61-/m0/s1. The molecule has 83 heavy (non-hydrogen) atoms. The average molecular weight is 1160 g/mol. The number of hydrazine groups is 1. The van der Waals surface area contributed by atoms with Gasteiger partial charge in [-0.25, -0.2) is 5.43 Å². The number of aliphatic imine (C=N–C) groups is 1. The van der Waals surface area contributed by atoms with E-state index in [0.29, 0.717) is 98.9 Å². The van der Waals surface area contributed by atoms with Crippen LogP contribution in [0.1, 0.15) is 122 Å². The van der Waals surface area contributed by atoms with E-state index >= 15 is 22.8 Å². The zero-order valence-corrected chi connectivity index (χ0v) is 49.2. The van der Waals surface area contributed by atoms with E-state index in [9.17, 15) is 9.59 Å². The van der Waals surface area contributed by atoms with Gasteiger partial charge in [0.05, 0.1) is 42.9 Å². The number of ether oxygens (including phenoxy) is 3. The van der Waals surface area contributed by atoms with Crippen LogP contribution in [-0.2, 0) is 46.4 Å². The van der Waals surface area contributed by atoms with Gasteiger partial charge < -0.3 is 33.9 Å². The van der Waals surface area contributed by atoms with Gasteiger partial charge in [-0.2, -0.15) is 13.2 Å². The Morgan fingerprint density at radius 1 is 0.928 bits per heavy atom. The molecular formula is C62H88F3N11O7. The lowest BCUT2D eigenvalue weighted by Crippen LogP contribution is -2.62. The van der Waals surface area contributed by atoms with Crippen LogP contribution >= 0.6 is 0 Å². The second-order valence-electron chi connectivity index (χ2n) is 27.5. The number of amides is 3.